The van der Waals surface area contributed by atoms with Crippen molar-refractivity contribution < 1.29 is 14.7 Å². The quantitative estimate of drug-likeness (QED) is 0.750. The average molecular weight is 259 g/mol. The molecular formula is C13H13N3O3. The molecule has 1 aliphatic heterocycles. The fraction of sp³-hybridized carbons (Fsp3) is 0.308. The second-order valence-electron chi connectivity index (χ2n) is 4.46. The van der Waals surface area contributed by atoms with Gasteiger partial charge in [0.25, 0.3) is 0 Å². The van der Waals surface area contributed by atoms with Crippen LogP contribution in [0.5, 0.6) is 5.75 Å². The van der Waals surface area contributed by atoms with Crippen molar-refractivity contribution in [3.63, 3.8) is 0 Å². The number of carbonyl (C=O) groups excluding carboxylic acids is 2. The molecule has 19 heavy (non-hydrogen) atoms. The molecule has 6 nitrogen and oxygen atoms in total. The number of nitrogens with two attached hydrogens (primary N) is 1. The molecule has 2 amide bonds. The second-order valence-corrected chi connectivity index (χ2v) is 4.46. The molecule has 6 heteroatoms. The van der Waals surface area contributed by atoms with Gasteiger partial charge >= 0.3 is 0 Å². The molecule has 1 saturated heterocycles. The Morgan fingerprint density at radius 2 is 2.32 bits per heavy atom. The van der Waals surface area contributed by atoms with Gasteiger partial charge in [0.15, 0.2) is 0 Å². The second kappa shape index (κ2) is 4.98. The maximum atomic E-state index is 11.9. The number of rotatable bonds is 3. The average Bonchev–Trinajstić information content (AvgIpc) is 2.74. The van der Waals surface area contributed by atoms with Gasteiger partial charge in [-0.2, -0.15) is 5.26 Å². The van der Waals surface area contributed by atoms with Gasteiger partial charge in [0, 0.05) is 18.7 Å². The lowest BCUT2D eigenvalue weighted by molar-refractivity contribution is -0.136. The molecule has 0 spiro atoms. The number of phenolic OH excluding ortho intramolecular Hbond substituents is 1. The molecule has 1 atom stereocenters. The molecule has 1 heterocycles. The summed E-state index contributed by atoms with van der Waals surface area (Å²) < 4.78 is 0. The van der Waals surface area contributed by atoms with E-state index in [1.807, 2.05) is 6.07 Å². The van der Waals surface area contributed by atoms with Crippen LogP contribution in [0.4, 0.5) is 0 Å². The summed E-state index contributed by atoms with van der Waals surface area (Å²) in [6.45, 7) is 0.590. The fourth-order valence-electron chi connectivity index (χ4n) is 2.15. The zero-order valence-corrected chi connectivity index (χ0v) is 10.2. The first-order valence-electron chi connectivity index (χ1n) is 5.83. The van der Waals surface area contributed by atoms with Crippen LogP contribution in [0.15, 0.2) is 18.2 Å². The molecule has 1 aromatic rings. The lowest BCUT2D eigenvalue weighted by atomic mass is 10.1. The molecular weight excluding hydrogens is 246 g/mol. The zero-order valence-electron chi connectivity index (χ0n) is 10.2. The molecule has 2 rings (SSSR count). The monoisotopic (exact) mass is 259 g/mol. The van der Waals surface area contributed by atoms with Gasteiger partial charge in [0.1, 0.15) is 11.7 Å². The molecule has 98 valence electrons. The van der Waals surface area contributed by atoms with E-state index >= 15 is 0 Å². The smallest absolute Gasteiger partial charge is 0.235 e. The standard InChI is InChI=1S/C13H13N3O3/c14-6-8-1-2-11(17)9(5-8)7-16-4-3-10(12(15)18)13(16)19/h1-2,5,10,17H,3-4,7H2,(H2,15,18). The van der Waals surface area contributed by atoms with Crippen LogP contribution in [-0.2, 0) is 16.1 Å². The number of likely N-dealkylation sites (tertiary alicyclic amines) is 1. The Hall–Kier alpha value is -2.55. The number of carbonyl (C=O) groups is 2. The van der Waals surface area contributed by atoms with E-state index in [1.54, 1.807) is 0 Å². The van der Waals surface area contributed by atoms with Crippen molar-refractivity contribution >= 4 is 11.8 Å². The van der Waals surface area contributed by atoms with Crippen molar-refractivity contribution in [1.82, 2.24) is 4.90 Å². The van der Waals surface area contributed by atoms with Crippen molar-refractivity contribution in [2.24, 2.45) is 11.7 Å². The Morgan fingerprint density at radius 3 is 2.89 bits per heavy atom. The van der Waals surface area contributed by atoms with Gasteiger partial charge in [0.2, 0.25) is 11.8 Å². The van der Waals surface area contributed by atoms with E-state index < -0.39 is 11.8 Å². The lowest BCUT2D eigenvalue weighted by Crippen LogP contribution is -2.33. The van der Waals surface area contributed by atoms with E-state index in [0.717, 1.165) is 0 Å². The Labute approximate surface area is 110 Å². The van der Waals surface area contributed by atoms with Gasteiger partial charge in [0.05, 0.1) is 11.6 Å². The molecule has 3 N–H and O–H groups in total. The Balaban J connectivity index is 2.17. The Morgan fingerprint density at radius 1 is 1.58 bits per heavy atom. The first-order valence-corrected chi connectivity index (χ1v) is 5.83. The minimum absolute atomic E-state index is 0.0225. The summed E-state index contributed by atoms with van der Waals surface area (Å²) in [5.41, 5.74) is 6.03. The van der Waals surface area contributed by atoms with Crippen LogP contribution in [0.25, 0.3) is 0 Å². The Bertz CT molecular complexity index is 577. The van der Waals surface area contributed by atoms with Gasteiger partial charge in [-0.1, -0.05) is 0 Å². The van der Waals surface area contributed by atoms with Gasteiger partial charge < -0.3 is 15.7 Å². The predicted molar refractivity (Wildman–Crippen MR) is 65.5 cm³/mol. The highest BCUT2D eigenvalue weighted by molar-refractivity contribution is 6.00. The van der Waals surface area contributed by atoms with E-state index in [1.165, 1.54) is 23.1 Å². The van der Waals surface area contributed by atoms with Crippen molar-refractivity contribution in [1.29, 1.82) is 5.26 Å². The molecule has 0 saturated carbocycles. The highest BCUT2D eigenvalue weighted by atomic mass is 16.3. The summed E-state index contributed by atoms with van der Waals surface area (Å²) in [6, 6.07) is 6.41. The van der Waals surface area contributed by atoms with Crippen molar-refractivity contribution in [2.75, 3.05) is 6.54 Å². The summed E-state index contributed by atoms with van der Waals surface area (Å²) in [5, 5.41) is 18.5. The highest BCUT2D eigenvalue weighted by Gasteiger charge is 2.35. The molecule has 0 radical (unpaired) electrons. The number of aromatic hydroxyl groups is 1. The molecule has 0 aromatic heterocycles. The van der Waals surface area contributed by atoms with Crippen LogP contribution in [0.1, 0.15) is 17.5 Å². The minimum Gasteiger partial charge on any atom is -0.508 e. The maximum absolute atomic E-state index is 11.9. The summed E-state index contributed by atoms with van der Waals surface area (Å²) in [4.78, 5) is 24.4. The van der Waals surface area contributed by atoms with Crippen LogP contribution >= 0.6 is 0 Å². The number of nitriles is 1. The molecule has 1 aliphatic rings. The van der Waals surface area contributed by atoms with Crippen LogP contribution < -0.4 is 5.73 Å². The number of benzene rings is 1. The Kier molecular flexibility index (Phi) is 3.38. The van der Waals surface area contributed by atoms with E-state index in [0.29, 0.717) is 24.1 Å². The minimum atomic E-state index is -0.777. The first-order chi connectivity index (χ1) is 9.02. The summed E-state index contributed by atoms with van der Waals surface area (Å²) >= 11 is 0. The SMILES string of the molecule is N#Cc1ccc(O)c(CN2CCC(C(N)=O)C2=O)c1. The van der Waals surface area contributed by atoms with Crippen molar-refractivity contribution in [3.05, 3.63) is 29.3 Å². The summed E-state index contributed by atoms with van der Waals surface area (Å²) in [6.07, 6.45) is 0.396. The van der Waals surface area contributed by atoms with Crippen LogP contribution in [-0.4, -0.2) is 28.4 Å². The largest absolute Gasteiger partial charge is 0.508 e. The van der Waals surface area contributed by atoms with Crippen LogP contribution in [0, 0.1) is 17.2 Å². The number of phenols is 1. The van der Waals surface area contributed by atoms with E-state index in [4.69, 9.17) is 11.0 Å². The molecule has 0 aliphatic carbocycles. The van der Waals surface area contributed by atoms with Crippen molar-refractivity contribution in [2.45, 2.75) is 13.0 Å². The number of nitrogens with zero attached hydrogens (tertiary/aromatic N) is 2. The third kappa shape index (κ3) is 2.50. The van der Waals surface area contributed by atoms with Gasteiger partial charge in [-0.25, -0.2) is 0 Å². The highest BCUT2D eigenvalue weighted by Crippen LogP contribution is 2.24. The molecule has 1 aromatic carbocycles. The number of amides is 2. The topological polar surface area (TPSA) is 107 Å². The van der Waals surface area contributed by atoms with Gasteiger partial charge in [-0.05, 0) is 24.6 Å². The maximum Gasteiger partial charge on any atom is 0.235 e. The lowest BCUT2D eigenvalue weighted by Gasteiger charge is -2.17. The van der Waals surface area contributed by atoms with E-state index in [-0.39, 0.29) is 18.2 Å². The van der Waals surface area contributed by atoms with Gasteiger partial charge in [-0.15, -0.1) is 0 Å². The summed E-state index contributed by atoms with van der Waals surface area (Å²) in [5.74, 6) is -1.70. The number of primary amides is 1. The van der Waals surface area contributed by atoms with Crippen LogP contribution in [0.3, 0.4) is 0 Å². The van der Waals surface area contributed by atoms with E-state index in [2.05, 4.69) is 0 Å². The number of hydrogen-bond acceptors (Lipinski definition) is 4. The fourth-order valence-corrected chi connectivity index (χ4v) is 2.15. The predicted octanol–water partition coefficient (Wildman–Crippen LogP) is 0.0977. The zero-order chi connectivity index (χ0) is 14.0. The molecule has 0 bridgehead atoms. The molecule has 1 unspecified atom stereocenters. The third-order valence-electron chi connectivity index (χ3n) is 3.21. The first kappa shape index (κ1) is 12.9. The third-order valence-corrected chi connectivity index (χ3v) is 3.21. The normalized spacial score (nSPS) is 18.4. The van der Waals surface area contributed by atoms with E-state index in [9.17, 15) is 14.7 Å². The number of hydrogen-bond donors (Lipinski definition) is 2. The summed E-state index contributed by atoms with van der Waals surface area (Å²) in [7, 11) is 0. The molecule has 1 fully saturated rings. The van der Waals surface area contributed by atoms with Crippen LogP contribution in [0.2, 0.25) is 0 Å². The van der Waals surface area contributed by atoms with Crippen molar-refractivity contribution in [3.8, 4) is 11.8 Å². The van der Waals surface area contributed by atoms with Gasteiger partial charge in [-0.3, -0.25) is 9.59 Å².